The second-order valence-electron chi connectivity index (χ2n) is 6.03. The van der Waals surface area contributed by atoms with Crippen molar-refractivity contribution in [2.45, 2.75) is 45.8 Å². The van der Waals surface area contributed by atoms with Crippen molar-refractivity contribution < 1.29 is 4.43 Å². The Morgan fingerprint density at radius 2 is 1.89 bits per heavy atom. The van der Waals surface area contributed by atoms with Crippen LogP contribution in [0.15, 0.2) is 34.8 Å². The highest BCUT2D eigenvalue weighted by Gasteiger charge is 2.39. The molecule has 0 aliphatic rings. The minimum absolute atomic E-state index is 0.216. The average molecular weight is 327 g/mol. The molecule has 100 valence electrons. The average Bonchev–Trinajstić information content (AvgIpc) is 2.24. The number of hydrogen-bond donors (Lipinski definition) is 0. The molecular formula is C15H23BrOSi. The van der Waals surface area contributed by atoms with Gasteiger partial charge in [-0.3, -0.25) is 0 Å². The first-order chi connectivity index (χ1) is 8.17. The zero-order valence-corrected chi connectivity index (χ0v) is 14.8. The summed E-state index contributed by atoms with van der Waals surface area (Å²) in [6.07, 6.45) is 2.06. The molecule has 3 heteroatoms. The molecular weight excluding hydrogens is 304 g/mol. The Morgan fingerprint density at radius 1 is 1.28 bits per heavy atom. The van der Waals surface area contributed by atoms with Crippen LogP contribution in [-0.2, 0) is 4.43 Å². The highest BCUT2D eigenvalue weighted by Crippen LogP contribution is 2.39. The van der Waals surface area contributed by atoms with Gasteiger partial charge in [-0.1, -0.05) is 48.8 Å². The molecule has 0 aliphatic carbocycles. The predicted molar refractivity (Wildman–Crippen MR) is 86.1 cm³/mol. The Bertz CT molecular complexity index is 444. The van der Waals surface area contributed by atoms with Crippen LogP contribution in [0.4, 0.5) is 0 Å². The van der Waals surface area contributed by atoms with Crippen LogP contribution in [0.1, 0.15) is 33.3 Å². The van der Waals surface area contributed by atoms with E-state index in [4.69, 9.17) is 4.43 Å². The van der Waals surface area contributed by atoms with Crippen molar-refractivity contribution in [1.82, 2.24) is 0 Å². The molecule has 0 N–H and O–H groups in total. The van der Waals surface area contributed by atoms with Gasteiger partial charge in [-0.05, 0) is 43.3 Å². The van der Waals surface area contributed by atoms with Crippen LogP contribution in [0.5, 0.6) is 0 Å². The van der Waals surface area contributed by atoms with Crippen LogP contribution in [0, 0.1) is 0 Å². The molecule has 1 nitrogen and oxygen atoms in total. The van der Waals surface area contributed by atoms with Crippen molar-refractivity contribution in [2.24, 2.45) is 0 Å². The number of hydrogen-bond acceptors (Lipinski definition) is 1. The molecule has 0 heterocycles. The lowest BCUT2D eigenvalue weighted by Gasteiger charge is -2.37. The molecule has 0 bridgehead atoms. The molecule has 0 atom stereocenters. The van der Waals surface area contributed by atoms with Gasteiger partial charge in [-0.2, -0.15) is 0 Å². The van der Waals surface area contributed by atoms with E-state index in [1.165, 1.54) is 0 Å². The lowest BCUT2D eigenvalue weighted by Crippen LogP contribution is -2.40. The first-order valence-corrected chi connectivity index (χ1v) is 9.99. The van der Waals surface area contributed by atoms with E-state index in [0.29, 0.717) is 0 Å². The molecule has 0 aromatic heterocycles. The highest BCUT2D eigenvalue weighted by atomic mass is 79.9. The molecule has 0 spiro atoms. The predicted octanol–water partition coefficient (Wildman–Crippen LogP) is 5.83. The van der Waals surface area contributed by atoms with E-state index in [1.807, 2.05) is 19.1 Å². The van der Waals surface area contributed by atoms with Crippen molar-refractivity contribution in [1.29, 1.82) is 0 Å². The Hall–Kier alpha value is -0.543. The van der Waals surface area contributed by atoms with Gasteiger partial charge in [0.25, 0.3) is 0 Å². The van der Waals surface area contributed by atoms with E-state index in [0.717, 1.165) is 15.8 Å². The minimum atomic E-state index is -1.77. The molecule has 1 aromatic carbocycles. The van der Waals surface area contributed by atoms with Gasteiger partial charge in [0.05, 0.1) is 0 Å². The van der Waals surface area contributed by atoms with Crippen molar-refractivity contribution >= 4 is 30.0 Å². The summed E-state index contributed by atoms with van der Waals surface area (Å²) in [6.45, 7) is 13.3. The Kier molecular flexibility index (Phi) is 4.84. The van der Waals surface area contributed by atoms with Gasteiger partial charge in [0.15, 0.2) is 0 Å². The first-order valence-electron chi connectivity index (χ1n) is 6.28. The molecule has 0 saturated carbocycles. The zero-order chi connectivity index (χ0) is 14.0. The first kappa shape index (κ1) is 15.5. The minimum Gasteiger partial charge on any atom is -0.543 e. The standard InChI is InChI=1S/C15H23BrOSi/c1-7-14(12-9-8-10-13(16)11-12)17-18(5,6)15(2,3)4/h7-11H,1-6H3/b14-7-. The van der Waals surface area contributed by atoms with Crippen LogP contribution in [0.2, 0.25) is 18.1 Å². The second kappa shape index (κ2) is 5.62. The van der Waals surface area contributed by atoms with Gasteiger partial charge < -0.3 is 4.43 Å². The maximum absolute atomic E-state index is 6.37. The van der Waals surface area contributed by atoms with Crippen molar-refractivity contribution in [3.63, 3.8) is 0 Å². The van der Waals surface area contributed by atoms with Gasteiger partial charge >= 0.3 is 0 Å². The third-order valence-electron chi connectivity index (χ3n) is 3.54. The van der Waals surface area contributed by atoms with Gasteiger partial charge in [0, 0.05) is 10.0 Å². The molecule has 0 unspecified atom stereocenters. The number of benzene rings is 1. The van der Waals surface area contributed by atoms with E-state index < -0.39 is 8.32 Å². The third-order valence-corrected chi connectivity index (χ3v) is 8.38. The number of halogens is 1. The summed E-state index contributed by atoms with van der Waals surface area (Å²) in [5.74, 6) is 0.989. The Labute approximate surface area is 121 Å². The SMILES string of the molecule is C/C=C(\O[Si](C)(C)C(C)(C)C)c1cccc(Br)c1. The maximum atomic E-state index is 6.37. The van der Waals surface area contributed by atoms with Crippen molar-refractivity contribution in [3.8, 4) is 0 Å². The topological polar surface area (TPSA) is 9.23 Å². The van der Waals surface area contributed by atoms with Crippen LogP contribution < -0.4 is 0 Å². The Morgan fingerprint density at radius 3 is 2.33 bits per heavy atom. The van der Waals surface area contributed by atoms with Crippen LogP contribution in [0.25, 0.3) is 5.76 Å². The zero-order valence-electron chi connectivity index (χ0n) is 12.2. The molecule has 1 rings (SSSR count). The largest absolute Gasteiger partial charge is 0.543 e. The van der Waals surface area contributed by atoms with E-state index >= 15 is 0 Å². The molecule has 0 fully saturated rings. The third kappa shape index (κ3) is 3.72. The smallest absolute Gasteiger partial charge is 0.250 e. The fourth-order valence-electron chi connectivity index (χ4n) is 1.35. The Balaban J connectivity index is 3.01. The molecule has 0 aliphatic heterocycles. The van der Waals surface area contributed by atoms with E-state index in [9.17, 15) is 0 Å². The van der Waals surface area contributed by atoms with Gasteiger partial charge in [0.2, 0.25) is 8.32 Å². The van der Waals surface area contributed by atoms with Gasteiger partial charge in [0.1, 0.15) is 5.76 Å². The van der Waals surface area contributed by atoms with Crippen LogP contribution >= 0.6 is 15.9 Å². The summed E-state index contributed by atoms with van der Waals surface area (Å²) < 4.78 is 7.45. The van der Waals surface area contributed by atoms with Crippen molar-refractivity contribution in [2.75, 3.05) is 0 Å². The highest BCUT2D eigenvalue weighted by molar-refractivity contribution is 9.10. The lowest BCUT2D eigenvalue weighted by atomic mass is 10.2. The normalized spacial score (nSPS) is 13.6. The van der Waals surface area contributed by atoms with E-state index in [2.05, 4.69) is 68.0 Å². The molecule has 18 heavy (non-hydrogen) atoms. The fraction of sp³-hybridized carbons (Fsp3) is 0.467. The molecule has 0 radical (unpaired) electrons. The number of allylic oxidation sites excluding steroid dienone is 1. The fourth-order valence-corrected chi connectivity index (χ4v) is 2.85. The quantitative estimate of drug-likeness (QED) is 0.501. The summed E-state index contributed by atoms with van der Waals surface area (Å²) >= 11 is 3.51. The van der Waals surface area contributed by atoms with Crippen molar-refractivity contribution in [3.05, 3.63) is 40.4 Å². The molecule has 0 saturated heterocycles. The van der Waals surface area contributed by atoms with Crippen LogP contribution in [0.3, 0.4) is 0 Å². The summed E-state index contributed by atoms with van der Waals surface area (Å²) in [6, 6.07) is 8.26. The summed E-state index contributed by atoms with van der Waals surface area (Å²) in [4.78, 5) is 0. The number of rotatable bonds is 3. The van der Waals surface area contributed by atoms with Crippen LogP contribution in [-0.4, -0.2) is 8.32 Å². The molecule has 0 amide bonds. The summed E-state index contributed by atoms with van der Waals surface area (Å²) in [5.41, 5.74) is 1.14. The summed E-state index contributed by atoms with van der Waals surface area (Å²) in [7, 11) is -1.77. The van der Waals surface area contributed by atoms with Gasteiger partial charge in [-0.25, -0.2) is 0 Å². The van der Waals surface area contributed by atoms with Gasteiger partial charge in [-0.15, -0.1) is 0 Å². The second-order valence-corrected chi connectivity index (χ2v) is 11.7. The molecule has 1 aromatic rings. The lowest BCUT2D eigenvalue weighted by molar-refractivity contribution is 0.457. The van der Waals surface area contributed by atoms with E-state index in [-0.39, 0.29) is 5.04 Å². The summed E-state index contributed by atoms with van der Waals surface area (Å²) in [5, 5.41) is 0.216. The maximum Gasteiger partial charge on any atom is 0.250 e. The van der Waals surface area contributed by atoms with E-state index in [1.54, 1.807) is 0 Å². The monoisotopic (exact) mass is 326 g/mol.